The fraction of sp³-hybridized carbons (Fsp3) is 0.800. The SMILES string of the molecule is CC(=S)OC(C)C.[K]. The molecule has 0 aromatic heterocycles. The van der Waals surface area contributed by atoms with Crippen molar-refractivity contribution in [1.29, 1.82) is 0 Å². The summed E-state index contributed by atoms with van der Waals surface area (Å²) >= 11 is 4.65. The average molecular weight is 157 g/mol. The summed E-state index contributed by atoms with van der Waals surface area (Å²) in [5.74, 6) is 0. The molecule has 0 N–H and O–H groups in total. The normalized spacial score (nSPS) is 8.00. The van der Waals surface area contributed by atoms with E-state index in [9.17, 15) is 0 Å². The molecule has 43 valence electrons. The zero-order valence-corrected chi connectivity index (χ0v) is 9.83. The Bertz CT molecular complexity index is 72.8. The van der Waals surface area contributed by atoms with Gasteiger partial charge in [-0.3, -0.25) is 0 Å². The van der Waals surface area contributed by atoms with E-state index in [1.165, 1.54) is 0 Å². The van der Waals surface area contributed by atoms with E-state index in [-0.39, 0.29) is 57.5 Å². The second-order valence-electron chi connectivity index (χ2n) is 1.66. The van der Waals surface area contributed by atoms with Gasteiger partial charge < -0.3 is 4.74 Å². The Kier molecular flexibility index (Phi) is 10.2. The summed E-state index contributed by atoms with van der Waals surface area (Å²) in [5, 5.41) is 0.620. The van der Waals surface area contributed by atoms with Crippen LogP contribution in [0.2, 0.25) is 0 Å². The summed E-state index contributed by atoms with van der Waals surface area (Å²) < 4.78 is 4.98. The molecule has 0 saturated carbocycles. The van der Waals surface area contributed by atoms with E-state index in [1.54, 1.807) is 6.92 Å². The summed E-state index contributed by atoms with van der Waals surface area (Å²) in [6.07, 6.45) is 0.234. The van der Waals surface area contributed by atoms with E-state index in [0.717, 1.165) is 0 Å². The third-order valence-corrected chi connectivity index (χ3v) is 0.498. The summed E-state index contributed by atoms with van der Waals surface area (Å²) in [5.41, 5.74) is 0. The van der Waals surface area contributed by atoms with Crippen molar-refractivity contribution < 1.29 is 4.74 Å². The van der Waals surface area contributed by atoms with Gasteiger partial charge >= 0.3 is 0 Å². The zero-order chi connectivity index (χ0) is 5.86. The molecule has 0 aliphatic heterocycles. The molecule has 1 radical (unpaired) electrons. The zero-order valence-electron chi connectivity index (χ0n) is 5.89. The average Bonchev–Trinajstić information content (AvgIpc) is 1.27. The molecule has 0 amide bonds. The largest absolute Gasteiger partial charge is 0.485 e. The van der Waals surface area contributed by atoms with Gasteiger partial charge in [0, 0.05) is 58.3 Å². The first-order valence-corrected chi connectivity index (χ1v) is 2.71. The van der Waals surface area contributed by atoms with Crippen LogP contribution in [0.15, 0.2) is 0 Å². The molecule has 0 saturated heterocycles. The van der Waals surface area contributed by atoms with E-state index < -0.39 is 0 Å². The van der Waals surface area contributed by atoms with E-state index >= 15 is 0 Å². The molecule has 0 heterocycles. The van der Waals surface area contributed by atoms with Crippen LogP contribution in [0.25, 0.3) is 0 Å². The molecule has 0 bridgehead atoms. The van der Waals surface area contributed by atoms with Crippen LogP contribution in [0.5, 0.6) is 0 Å². The molecule has 0 aliphatic rings. The summed E-state index contributed by atoms with van der Waals surface area (Å²) in [6, 6.07) is 0. The Balaban J connectivity index is 0. The van der Waals surface area contributed by atoms with Crippen LogP contribution in [-0.2, 0) is 4.74 Å². The van der Waals surface area contributed by atoms with Gasteiger partial charge in [0.25, 0.3) is 0 Å². The van der Waals surface area contributed by atoms with E-state index in [0.29, 0.717) is 5.05 Å². The van der Waals surface area contributed by atoms with Gasteiger partial charge in [0.15, 0.2) is 5.05 Å². The third-order valence-electron chi connectivity index (χ3n) is 0.402. The maximum atomic E-state index is 4.98. The van der Waals surface area contributed by atoms with Crippen LogP contribution in [0, 0.1) is 0 Å². The van der Waals surface area contributed by atoms with Crippen molar-refractivity contribution in [1.82, 2.24) is 0 Å². The predicted octanol–water partition coefficient (Wildman–Crippen LogP) is 1.38. The second kappa shape index (κ2) is 6.64. The van der Waals surface area contributed by atoms with E-state index in [2.05, 4.69) is 12.2 Å². The summed E-state index contributed by atoms with van der Waals surface area (Å²) in [6.45, 7) is 5.68. The van der Waals surface area contributed by atoms with Crippen LogP contribution in [0.3, 0.4) is 0 Å². The van der Waals surface area contributed by atoms with Crippen molar-refractivity contribution in [3.05, 3.63) is 0 Å². The Morgan fingerprint density at radius 3 is 1.88 bits per heavy atom. The summed E-state index contributed by atoms with van der Waals surface area (Å²) in [4.78, 5) is 0. The van der Waals surface area contributed by atoms with Gasteiger partial charge in [-0.2, -0.15) is 0 Å². The minimum absolute atomic E-state index is 0. The first kappa shape index (κ1) is 12.2. The minimum atomic E-state index is 0. The first-order valence-electron chi connectivity index (χ1n) is 2.30. The third kappa shape index (κ3) is 10.5. The molecule has 0 spiro atoms. The van der Waals surface area contributed by atoms with Gasteiger partial charge in [-0.15, -0.1) is 0 Å². The summed E-state index contributed by atoms with van der Waals surface area (Å²) in [7, 11) is 0. The molecule has 8 heavy (non-hydrogen) atoms. The number of hydrogen-bond donors (Lipinski definition) is 0. The topological polar surface area (TPSA) is 9.23 Å². The molecule has 0 unspecified atom stereocenters. The molecule has 3 heteroatoms. The van der Waals surface area contributed by atoms with Gasteiger partial charge in [0.2, 0.25) is 0 Å². The maximum Gasteiger partial charge on any atom is 0.156 e. The van der Waals surface area contributed by atoms with Crippen molar-refractivity contribution in [2.75, 3.05) is 0 Å². The Morgan fingerprint density at radius 1 is 1.50 bits per heavy atom. The van der Waals surface area contributed by atoms with Crippen molar-refractivity contribution in [2.45, 2.75) is 26.9 Å². The van der Waals surface area contributed by atoms with Crippen LogP contribution in [0.4, 0.5) is 0 Å². The van der Waals surface area contributed by atoms with Crippen LogP contribution >= 0.6 is 12.2 Å². The van der Waals surface area contributed by atoms with Crippen molar-refractivity contribution in [3.63, 3.8) is 0 Å². The van der Waals surface area contributed by atoms with Crippen molar-refractivity contribution in [2.24, 2.45) is 0 Å². The molecule has 0 fully saturated rings. The Morgan fingerprint density at radius 2 is 1.88 bits per heavy atom. The standard InChI is InChI=1S/C5H10OS.K/c1-4(2)6-5(3)7;/h4H,1-3H3;. The van der Waals surface area contributed by atoms with Gasteiger partial charge in [0.05, 0.1) is 6.10 Å². The Hall–Kier alpha value is 1.53. The molecule has 0 rings (SSSR count). The molecular weight excluding hydrogens is 147 g/mol. The maximum absolute atomic E-state index is 4.98. The molecule has 0 atom stereocenters. The second-order valence-corrected chi connectivity index (χ2v) is 2.23. The monoisotopic (exact) mass is 157 g/mol. The van der Waals surface area contributed by atoms with E-state index in [4.69, 9.17) is 4.74 Å². The number of rotatable bonds is 1. The van der Waals surface area contributed by atoms with Crippen molar-refractivity contribution in [3.8, 4) is 0 Å². The minimum Gasteiger partial charge on any atom is -0.485 e. The fourth-order valence-electron chi connectivity index (χ4n) is 0.332. The quantitative estimate of drug-likeness (QED) is 0.420. The smallest absolute Gasteiger partial charge is 0.156 e. The van der Waals surface area contributed by atoms with Crippen LogP contribution < -0.4 is 0 Å². The molecule has 0 aliphatic carbocycles. The van der Waals surface area contributed by atoms with Gasteiger partial charge in [-0.25, -0.2) is 0 Å². The predicted molar refractivity (Wildman–Crippen MR) is 40.2 cm³/mol. The van der Waals surface area contributed by atoms with Gasteiger partial charge in [0.1, 0.15) is 0 Å². The van der Waals surface area contributed by atoms with E-state index in [1.807, 2.05) is 13.8 Å². The van der Waals surface area contributed by atoms with Crippen LogP contribution in [-0.4, -0.2) is 62.5 Å². The molecule has 0 aromatic rings. The van der Waals surface area contributed by atoms with Crippen molar-refractivity contribution >= 4 is 68.7 Å². The van der Waals surface area contributed by atoms with Crippen LogP contribution in [0.1, 0.15) is 20.8 Å². The first-order chi connectivity index (χ1) is 3.13. The van der Waals surface area contributed by atoms with Gasteiger partial charge in [-0.05, 0) is 26.1 Å². The Labute approximate surface area is 98.6 Å². The molecule has 0 aromatic carbocycles. The molecule has 1 nitrogen and oxygen atoms in total. The number of thiocarbonyl (C=S) groups is 1. The number of ether oxygens (including phenoxy) is 1. The van der Waals surface area contributed by atoms with Gasteiger partial charge in [-0.1, -0.05) is 0 Å². The number of hydrogen-bond acceptors (Lipinski definition) is 2. The molecular formula is C5H10KOS. The fourth-order valence-corrected chi connectivity index (χ4v) is 0.524.